The van der Waals surface area contributed by atoms with Crippen molar-refractivity contribution in [3.8, 4) is 5.75 Å². The van der Waals surface area contributed by atoms with Crippen molar-refractivity contribution in [2.75, 3.05) is 13.6 Å². The number of amides is 1. The van der Waals surface area contributed by atoms with Gasteiger partial charge in [-0.25, -0.2) is 0 Å². The molecule has 0 aliphatic rings. The Balaban J connectivity index is 2.85. The third kappa shape index (κ3) is 2.84. The first-order chi connectivity index (χ1) is 7.02. The third-order valence-corrected chi connectivity index (χ3v) is 1.99. The molecule has 15 heavy (non-hydrogen) atoms. The molecule has 0 fully saturated rings. The molecule has 1 rings (SSSR count). The number of nitrogens with zero attached hydrogens (tertiary/aromatic N) is 1. The van der Waals surface area contributed by atoms with Crippen LogP contribution in [0.15, 0.2) is 36.4 Å². The molecule has 3 nitrogen and oxygen atoms in total. The molecule has 0 aliphatic carbocycles. The molecule has 3 heteroatoms. The van der Waals surface area contributed by atoms with Gasteiger partial charge in [0.25, 0.3) is 5.91 Å². The molecule has 0 aromatic heterocycles. The lowest BCUT2D eigenvalue weighted by molar-refractivity contribution is 0.0804. The van der Waals surface area contributed by atoms with Gasteiger partial charge in [-0.1, -0.05) is 24.3 Å². The lowest BCUT2D eigenvalue weighted by atomic mass is 10.1. The standard InChI is InChI=1S/C12H15NO2/c1-9(2)8-13(3)12(15)10-6-4-5-7-11(10)14/h4-7,14H,1,8H2,2-3H3. The summed E-state index contributed by atoms with van der Waals surface area (Å²) in [6, 6.07) is 6.51. The van der Waals surface area contributed by atoms with Crippen LogP contribution in [0.4, 0.5) is 0 Å². The van der Waals surface area contributed by atoms with Gasteiger partial charge in [0.2, 0.25) is 0 Å². The fraction of sp³-hybridized carbons (Fsp3) is 0.250. The summed E-state index contributed by atoms with van der Waals surface area (Å²) < 4.78 is 0. The van der Waals surface area contributed by atoms with E-state index in [-0.39, 0.29) is 11.7 Å². The quantitative estimate of drug-likeness (QED) is 0.767. The number of phenols is 1. The molecule has 1 aromatic carbocycles. The second-order valence-electron chi connectivity index (χ2n) is 3.64. The molecule has 0 atom stereocenters. The number of hydrogen-bond acceptors (Lipinski definition) is 2. The van der Waals surface area contributed by atoms with Crippen LogP contribution in [0.3, 0.4) is 0 Å². The number of phenolic OH excluding ortho intramolecular Hbond substituents is 1. The van der Waals surface area contributed by atoms with Crippen LogP contribution in [0.2, 0.25) is 0 Å². The molecular formula is C12H15NO2. The molecule has 1 aromatic rings. The molecule has 0 unspecified atom stereocenters. The first-order valence-corrected chi connectivity index (χ1v) is 4.70. The normalized spacial score (nSPS) is 9.73. The molecule has 0 heterocycles. The van der Waals surface area contributed by atoms with Crippen molar-refractivity contribution in [2.24, 2.45) is 0 Å². The highest BCUT2D eigenvalue weighted by Gasteiger charge is 2.14. The first kappa shape index (κ1) is 11.3. The zero-order valence-corrected chi connectivity index (χ0v) is 9.03. The van der Waals surface area contributed by atoms with E-state index >= 15 is 0 Å². The minimum Gasteiger partial charge on any atom is -0.507 e. The number of hydrogen-bond donors (Lipinski definition) is 1. The summed E-state index contributed by atoms with van der Waals surface area (Å²) in [4.78, 5) is 13.4. The average molecular weight is 205 g/mol. The second kappa shape index (κ2) is 4.64. The fourth-order valence-corrected chi connectivity index (χ4v) is 1.34. The van der Waals surface area contributed by atoms with E-state index in [2.05, 4.69) is 6.58 Å². The maximum absolute atomic E-state index is 11.8. The Bertz CT molecular complexity index is 385. The number of benzene rings is 1. The number of carbonyl (C=O) groups is 1. The maximum atomic E-state index is 11.8. The van der Waals surface area contributed by atoms with Crippen molar-refractivity contribution < 1.29 is 9.90 Å². The Kier molecular flexibility index (Phi) is 3.50. The summed E-state index contributed by atoms with van der Waals surface area (Å²) in [5, 5.41) is 9.49. The van der Waals surface area contributed by atoms with Crippen LogP contribution in [0, 0.1) is 0 Å². The van der Waals surface area contributed by atoms with Crippen LogP contribution in [0.1, 0.15) is 17.3 Å². The predicted molar refractivity (Wildman–Crippen MR) is 59.9 cm³/mol. The number of rotatable bonds is 3. The zero-order valence-electron chi connectivity index (χ0n) is 9.03. The highest BCUT2D eigenvalue weighted by molar-refractivity contribution is 5.96. The number of aromatic hydroxyl groups is 1. The van der Waals surface area contributed by atoms with E-state index in [0.717, 1.165) is 5.57 Å². The molecule has 0 spiro atoms. The Morgan fingerprint density at radius 1 is 1.47 bits per heavy atom. The molecule has 0 bridgehead atoms. The minimum atomic E-state index is -0.198. The van der Waals surface area contributed by atoms with Crippen molar-refractivity contribution in [3.63, 3.8) is 0 Å². The van der Waals surface area contributed by atoms with E-state index in [0.29, 0.717) is 12.1 Å². The maximum Gasteiger partial charge on any atom is 0.257 e. The van der Waals surface area contributed by atoms with Gasteiger partial charge in [0, 0.05) is 13.6 Å². The van der Waals surface area contributed by atoms with Gasteiger partial charge in [-0.05, 0) is 19.1 Å². The molecular weight excluding hydrogens is 190 g/mol. The lowest BCUT2D eigenvalue weighted by Gasteiger charge is -2.17. The van der Waals surface area contributed by atoms with E-state index < -0.39 is 0 Å². The summed E-state index contributed by atoms with van der Waals surface area (Å²) in [5.74, 6) is -0.188. The number of para-hydroxylation sites is 1. The van der Waals surface area contributed by atoms with Crippen LogP contribution in [0.5, 0.6) is 5.75 Å². The molecule has 1 N–H and O–H groups in total. The van der Waals surface area contributed by atoms with Crippen LogP contribution in [-0.4, -0.2) is 29.5 Å². The number of carbonyl (C=O) groups excluding carboxylic acids is 1. The van der Waals surface area contributed by atoms with Crippen molar-refractivity contribution >= 4 is 5.91 Å². The van der Waals surface area contributed by atoms with E-state index in [9.17, 15) is 9.90 Å². The Labute approximate surface area is 89.6 Å². The van der Waals surface area contributed by atoms with Gasteiger partial charge >= 0.3 is 0 Å². The fourth-order valence-electron chi connectivity index (χ4n) is 1.34. The summed E-state index contributed by atoms with van der Waals surface area (Å²) in [7, 11) is 1.68. The highest BCUT2D eigenvalue weighted by atomic mass is 16.3. The van der Waals surface area contributed by atoms with E-state index in [4.69, 9.17) is 0 Å². The number of likely N-dealkylation sites (N-methyl/N-ethyl adjacent to an activating group) is 1. The van der Waals surface area contributed by atoms with Crippen molar-refractivity contribution in [3.05, 3.63) is 42.0 Å². The zero-order chi connectivity index (χ0) is 11.4. The molecule has 0 radical (unpaired) electrons. The van der Waals surface area contributed by atoms with Crippen molar-refractivity contribution in [1.82, 2.24) is 4.90 Å². The summed E-state index contributed by atoms with van der Waals surface area (Å²) >= 11 is 0. The Morgan fingerprint density at radius 2 is 2.07 bits per heavy atom. The highest BCUT2D eigenvalue weighted by Crippen LogP contribution is 2.17. The minimum absolute atomic E-state index is 0.0102. The van der Waals surface area contributed by atoms with Gasteiger partial charge < -0.3 is 10.0 Å². The molecule has 0 saturated heterocycles. The van der Waals surface area contributed by atoms with E-state index in [1.807, 2.05) is 6.92 Å². The van der Waals surface area contributed by atoms with E-state index in [1.165, 1.54) is 11.0 Å². The van der Waals surface area contributed by atoms with Gasteiger partial charge in [0.1, 0.15) is 5.75 Å². The first-order valence-electron chi connectivity index (χ1n) is 4.70. The van der Waals surface area contributed by atoms with Crippen LogP contribution in [0.25, 0.3) is 0 Å². The van der Waals surface area contributed by atoms with Gasteiger partial charge in [0.05, 0.1) is 5.56 Å². The van der Waals surface area contributed by atoms with Gasteiger partial charge in [0.15, 0.2) is 0 Å². The summed E-state index contributed by atoms with van der Waals surface area (Å²) in [5.41, 5.74) is 1.22. The van der Waals surface area contributed by atoms with Crippen molar-refractivity contribution in [2.45, 2.75) is 6.92 Å². The van der Waals surface area contributed by atoms with Crippen LogP contribution < -0.4 is 0 Å². The van der Waals surface area contributed by atoms with Gasteiger partial charge in [-0.15, -0.1) is 0 Å². The summed E-state index contributed by atoms with van der Waals surface area (Å²) in [6.07, 6.45) is 0. The topological polar surface area (TPSA) is 40.5 Å². The average Bonchev–Trinajstić information content (AvgIpc) is 2.16. The van der Waals surface area contributed by atoms with Gasteiger partial charge in [-0.3, -0.25) is 4.79 Å². The molecule has 1 amide bonds. The monoisotopic (exact) mass is 205 g/mol. The largest absolute Gasteiger partial charge is 0.507 e. The molecule has 0 aliphatic heterocycles. The molecule has 0 saturated carbocycles. The SMILES string of the molecule is C=C(C)CN(C)C(=O)c1ccccc1O. The lowest BCUT2D eigenvalue weighted by Crippen LogP contribution is -2.28. The predicted octanol–water partition coefficient (Wildman–Crippen LogP) is 2.04. The van der Waals surface area contributed by atoms with Crippen LogP contribution in [-0.2, 0) is 0 Å². The molecule has 80 valence electrons. The Hall–Kier alpha value is -1.77. The van der Waals surface area contributed by atoms with Crippen LogP contribution >= 0.6 is 0 Å². The Morgan fingerprint density at radius 3 is 2.60 bits per heavy atom. The van der Waals surface area contributed by atoms with Crippen molar-refractivity contribution in [1.29, 1.82) is 0 Å². The smallest absolute Gasteiger partial charge is 0.257 e. The van der Waals surface area contributed by atoms with Gasteiger partial charge in [-0.2, -0.15) is 0 Å². The van der Waals surface area contributed by atoms with E-state index in [1.54, 1.807) is 25.2 Å². The third-order valence-electron chi connectivity index (χ3n) is 1.99. The summed E-state index contributed by atoms with van der Waals surface area (Å²) in [6.45, 7) is 6.09. The second-order valence-corrected chi connectivity index (χ2v) is 3.64.